The van der Waals surface area contributed by atoms with Crippen molar-refractivity contribution in [3.05, 3.63) is 94.5 Å². The molecule has 0 unspecified atom stereocenters. The fourth-order valence-corrected chi connectivity index (χ4v) is 4.85. The molecule has 0 aliphatic rings. The molecule has 0 atom stereocenters. The maximum atomic E-state index is 15.2. The molecule has 178 valence electrons. The second-order valence-electron chi connectivity index (χ2n) is 8.38. The second kappa shape index (κ2) is 8.09. The van der Waals surface area contributed by atoms with E-state index in [2.05, 4.69) is 15.3 Å². The largest absolute Gasteiger partial charge is 0.477 e. The summed E-state index contributed by atoms with van der Waals surface area (Å²) in [5.41, 5.74) is 1.71. The Kier molecular flexibility index (Phi) is 4.85. The summed E-state index contributed by atoms with van der Waals surface area (Å²) in [6.45, 7) is 0.0895. The molecular formula is C27H19FN4O4. The summed E-state index contributed by atoms with van der Waals surface area (Å²) in [7, 11) is 1.75. The van der Waals surface area contributed by atoms with E-state index in [1.807, 2.05) is 30.3 Å². The molecule has 6 aromatic rings. The maximum Gasteiger partial charge on any atom is 0.353 e. The summed E-state index contributed by atoms with van der Waals surface area (Å²) in [5.74, 6) is -1.20. The van der Waals surface area contributed by atoms with Crippen molar-refractivity contribution in [3.8, 4) is 11.1 Å². The summed E-state index contributed by atoms with van der Waals surface area (Å²) in [4.78, 5) is 32.8. The van der Waals surface area contributed by atoms with Crippen LogP contribution < -0.4 is 10.9 Å². The van der Waals surface area contributed by atoms with E-state index in [0.29, 0.717) is 16.7 Å². The van der Waals surface area contributed by atoms with Crippen LogP contribution in [0.25, 0.3) is 43.9 Å². The fourth-order valence-electron chi connectivity index (χ4n) is 4.85. The molecule has 0 fully saturated rings. The molecule has 0 spiro atoms. The average Bonchev–Trinajstić information content (AvgIpc) is 3.48. The van der Waals surface area contributed by atoms with Gasteiger partial charge in [0.25, 0.3) is 5.56 Å². The number of halogens is 1. The molecule has 0 radical (unpaired) electrons. The molecule has 9 heteroatoms. The average molecular weight is 482 g/mol. The summed E-state index contributed by atoms with van der Waals surface area (Å²) in [6, 6.07) is 15.3. The minimum absolute atomic E-state index is 0.0895. The number of carboxylic acids is 1. The third-order valence-electron chi connectivity index (χ3n) is 6.39. The van der Waals surface area contributed by atoms with E-state index in [-0.39, 0.29) is 34.3 Å². The fraction of sp³-hybridized carbons (Fsp3) is 0.0741. The van der Waals surface area contributed by atoms with Gasteiger partial charge in [0.15, 0.2) is 0 Å². The minimum atomic E-state index is -1.25. The molecule has 3 N–H and O–H groups in total. The van der Waals surface area contributed by atoms with Gasteiger partial charge in [-0.05, 0) is 42.0 Å². The predicted molar refractivity (Wildman–Crippen MR) is 135 cm³/mol. The number of pyridine rings is 2. The molecule has 0 aliphatic heterocycles. The second-order valence-corrected chi connectivity index (χ2v) is 8.38. The smallest absolute Gasteiger partial charge is 0.353 e. The van der Waals surface area contributed by atoms with E-state index in [1.54, 1.807) is 19.2 Å². The van der Waals surface area contributed by atoms with Crippen LogP contribution in [-0.4, -0.2) is 32.7 Å². The molecule has 2 aromatic carbocycles. The number of fused-ring (bicyclic) bond motifs is 4. The summed E-state index contributed by atoms with van der Waals surface area (Å²) >= 11 is 0. The van der Waals surface area contributed by atoms with Crippen LogP contribution in [0.5, 0.6) is 0 Å². The van der Waals surface area contributed by atoms with Gasteiger partial charge >= 0.3 is 5.97 Å². The standard InChI is InChI=1S/C27H19FN4O4/c1-29-21-11-14(15-5-2-3-7-19(15)31-21)13-32-20-12-18(28)16-8-10-36-25(16)23(20)22(24(32)27(34)35)17-6-4-9-30-26(17)33/h2-12H,13H2,1H3,(H,29,31)(H,30,33)(H,34,35). The first-order chi connectivity index (χ1) is 17.5. The lowest BCUT2D eigenvalue weighted by Crippen LogP contribution is -2.14. The number of hydrogen-bond acceptors (Lipinski definition) is 5. The molecule has 0 saturated heterocycles. The van der Waals surface area contributed by atoms with Crippen molar-refractivity contribution in [1.82, 2.24) is 14.5 Å². The maximum absolute atomic E-state index is 15.2. The van der Waals surface area contributed by atoms with Gasteiger partial charge in [-0.3, -0.25) is 4.79 Å². The van der Waals surface area contributed by atoms with E-state index < -0.39 is 17.3 Å². The predicted octanol–water partition coefficient (Wildman–Crippen LogP) is 5.22. The molecule has 0 saturated carbocycles. The van der Waals surface area contributed by atoms with E-state index in [9.17, 15) is 14.7 Å². The molecule has 0 bridgehead atoms. The number of nitrogens with zero attached hydrogens (tertiary/aromatic N) is 2. The van der Waals surface area contributed by atoms with Crippen LogP contribution in [0.1, 0.15) is 16.1 Å². The molecule has 8 nitrogen and oxygen atoms in total. The number of carboxylic acid groups (broad SMARTS) is 1. The van der Waals surface area contributed by atoms with E-state index in [1.165, 1.54) is 29.2 Å². The number of hydrogen-bond donors (Lipinski definition) is 3. The zero-order valence-electron chi connectivity index (χ0n) is 19.0. The molecule has 0 aliphatic carbocycles. The van der Waals surface area contributed by atoms with Crippen LogP contribution in [0.2, 0.25) is 0 Å². The highest BCUT2D eigenvalue weighted by atomic mass is 19.1. The SMILES string of the molecule is CNc1cc(Cn2c(C(=O)O)c(-c3ccc[nH]c3=O)c3c4occc4c(F)cc32)c2ccccc2n1. The highest BCUT2D eigenvalue weighted by molar-refractivity contribution is 6.17. The van der Waals surface area contributed by atoms with Gasteiger partial charge in [-0.25, -0.2) is 14.2 Å². The quantitative estimate of drug-likeness (QED) is 0.311. The minimum Gasteiger partial charge on any atom is -0.477 e. The number of nitrogens with one attached hydrogen (secondary N) is 2. The Morgan fingerprint density at radius 1 is 1.17 bits per heavy atom. The highest BCUT2D eigenvalue weighted by Crippen LogP contribution is 2.40. The number of anilines is 1. The zero-order valence-corrected chi connectivity index (χ0v) is 19.0. The Labute approximate surface area is 202 Å². The Hall–Kier alpha value is -4.92. The lowest BCUT2D eigenvalue weighted by molar-refractivity contribution is 0.0687. The Morgan fingerprint density at radius 2 is 2.00 bits per heavy atom. The summed E-state index contributed by atoms with van der Waals surface area (Å²) in [5, 5.41) is 14.8. The zero-order chi connectivity index (χ0) is 25.0. The topological polar surface area (TPSA) is 113 Å². The van der Waals surface area contributed by atoms with Gasteiger partial charge in [-0.1, -0.05) is 18.2 Å². The molecule has 6 rings (SSSR count). The number of aromatic amines is 1. The number of para-hydroxylation sites is 1. The van der Waals surface area contributed by atoms with Crippen molar-refractivity contribution in [2.75, 3.05) is 12.4 Å². The molecular weight excluding hydrogens is 463 g/mol. The third-order valence-corrected chi connectivity index (χ3v) is 6.39. The first-order valence-electron chi connectivity index (χ1n) is 11.2. The van der Waals surface area contributed by atoms with Crippen molar-refractivity contribution in [2.24, 2.45) is 0 Å². The van der Waals surface area contributed by atoms with Crippen molar-refractivity contribution in [3.63, 3.8) is 0 Å². The van der Waals surface area contributed by atoms with Crippen LogP contribution in [-0.2, 0) is 6.54 Å². The molecule has 4 heterocycles. The first kappa shape index (κ1) is 21.6. The lowest BCUT2D eigenvalue weighted by Gasteiger charge is -2.13. The summed E-state index contributed by atoms with van der Waals surface area (Å²) < 4.78 is 22.3. The van der Waals surface area contributed by atoms with Gasteiger partial charge in [-0.15, -0.1) is 0 Å². The number of rotatable bonds is 5. The molecule has 4 aromatic heterocycles. The van der Waals surface area contributed by atoms with E-state index in [4.69, 9.17) is 4.42 Å². The Balaban J connectivity index is 1.76. The number of benzene rings is 2. The third kappa shape index (κ3) is 3.17. The number of aromatic carboxylic acids is 1. The van der Waals surface area contributed by atoms with E-state index >= 15 is 4.39 Å². The normalized spacial score (nSPS) is 11.5. The van der Waals surface area contributed by atoms with Crippen molar-refractivity contribution in [1.29, 1.82) is 0 Å². The number of H-pyrrole nitrogens is 1. The number of furan rings is 1. The van der Waals surface area contributed by atoms with Crippen LogP contribution in [0.4, 0.5) is 10.2 Å². The van der Waals surface area contributed by atoms with Gasteiger partial charge in [0.05, 0.1) is 33.6 Å². The van der Waals surface area contributed by atoms with Crippen molar-refractivity contribution >= 4 is 44.6 Å². The Bertz CT molecular complexity index is 1880. The van der Waals surface area contributed by atoms with Crippen LogP contribution in [0, 0.1) is 5.82 Å². The number of carbonyl (C=O) groups is 1. The van der Waals surface area contributed by atoms with Gasteiger partial charge in [0.1, 0.15) is 22.9 Å². The van der Waals surface area contributed by atoms with Crippen molar-refractivity contribution < 1.29 is 18.7 Å². The highest BCUT2D eigenvalue weighted by Gasteiger charge is 2.29. The number of aromatic nitrogens is 3. The molecule has 36 heavy (non-hydrogen) atoms. The van der Waals surface area contributed by atoms with Crippen LogP contribution in [0.3, 0.4) is 0 Å². The van der Waals surface area contributed by atoms with Gasteiger partial charge < -0.3 is 24.4 Å². The lowest BCUT2D eigenvalue weighted by atomic mass is 10.0. The molecule has 0 amide bonds. The Morgan fingerprint density at radius 3 is 2.78 bits per heavy atom. The van der Waals surface area contributed by atoms with Crippen LogP contribution in [0.15, 0.2) is 76.3 Å². The van der Waals surface area contributed by atoms with Gasteiger partial charge in [0.2, 0.25) is 0 Å². The van der Waals surface area contributed by atoms with Gasteiger partial charge in [-0.2, -0.15) is 0 Å². The van der Waals surface area contributed by atoms with Gasteiger partial charge in [0, 0.05) is 30.7 Å². The van der Waals surface area contributed by atoms with Crippen LogP contribution >= 0.6 is 0 Å². The first-order valence-corrected chi connectivity index (χ1v) is 11.2. The van der Waals surface area contributed by atoms with E-state index in [0.717, 1.165) is 16.5 Å². The van der Waals surface area contributed by atoms with Crippen molar-refractivity contribution in [2.45, 2.75) is 6.54 Å². The summed E-state index contributed by atoms with van der Waals surface area (Å²) in [6.07, 6.45) is 2.82. The monoisotopic (exact) mass is 482 g/mol.